The lowest BCUT2D eigenvalue weighted by molar-refractivity contribution is 1.94. The van der Waals surface area contributed by atoms with Crippen LogP contribution in [0.25, 0.3) is 0 Å². The van der Waals surface area contributed by atoms with Gasteiger partial charge in [-0.15, -0.1) is 6.42 Å². The van der Waals surface area contributed by atoms with E-state index in [0.29, 0.717) is 0 Å². The lowest BCUT2D eigenvalue weighted by Crippen LogP contribution is -1.45. The molecular formula is C8H8. The number of rotatable bonds is 2. The Morgan fingerprint density at radius 1 is 1.25 bits per heavy atom. The van der Waals surface area contributed by atoms with Gasteiger partial charge >= 0.3 is 0 Å². The van der Waals surface area contributed by atoms with Crippen LogP contribution in [0.5, 0.6) is 0 Å². The Kier molecular flexibility index (Phi) is 4.90. The van der Waals surface area contributed by atoms with E-state index in [4.69, 9.17) is 6.42 Å². The van der Waals surface area contributed by atoms with Gasteiger partial charge in [0.1, 0.15) is 0 Å². The topological polar surface area (TPSA) is 0 Å². The average Bonchev–Trinajstić information content (AvgIpc) is 1.81. The minimum Gasteiger partial charge on any atom is -0.115 e. The van der Waals surface area contributed by atoms with Gasteiger partial charge in [-0.05, 0) is 6.08 Å². The molecule has 0 nitrogen and oxygen atoms in total. The summed E-state index contributed by atoms with van der Waals surface area (Å²) in [6.45, 7) is 3.49. The van der Waals surface area contributed by atoms with Crippen LogP contribution in [0.3, 0.4) is 0 Å². The molecule has 0 fully saturated rings. The predicted molar refractivity (Wildman–Crippen MR) is 37.3 cm³/mol. The van der Waals surface area contributed by atoms with Crippen molar-refractivity contribution < 1.29 is 0 Å². The van der Waals surface area contributed by atoms with E-state index >= 15 is 0 Å². The van der Waals surface area contributed by atoms with Crippen LogP contribution in [-0.4, -0.2) is 0 Å². The monoisotopic (exact) mass is 104 g/mol. The number of allylic oxidation sites excluding steroid dienone is 5. The SMILES string of the molecule is C#CC=CC=CC=C. The molecule has 0 saturated heterocycles. The predicted octanol–water partition coefficient (Wildman–Crippen LogP) is 1.92. The van der Waals surface area contributed by atoms with Gasteiger partial charge in [0.05, 0.1) is 0 Å². The van der Waals surface area contributed by atoms with Crippen molar-refractivity contribution in [3.05, 3.63) is 37.0 Å². The van der Waals surface area contributed by atoms with Crippen molar-refractivity contribution in [1.82, 2.24) is 0 Å². The van der Waals surface area contributed by atoms with E-state index in [9.17, 15) is 0 Å². The lowest BCUT2D eigenvalue weighted by Gasteiger charge is -1.65. The van der Waals surface area contributed by atoms with Crippen LogP contribution in [0.15, 0.2) is 37.0 Å². The van der Waals surface area contributed by atoms with Crippen molar-refractivity contribution in [3.8, 4) is 12.3 Å². The van der Waals surface area contributed by atoms with Gasteiger partial charge in [-0.25, -0.2) is 0 Å². The van der Waals surface area contributed by atoms with Gasteiger partial charge in [0.25, 0.3) is 0 Å². The molecule has 0 heterocycles. The van der Waals surface area contributed by atoms with Crippen LogP contribution in [0.4, 0.5) is 0 Å². The molecule has 0 aromatic rings. The zero-order chi connectivity index (χ0) is 6.24. The molecule has 0 aliphatic carbocycles. The van der Waals surface area contributed by atoms with Crippen LogP contribution in [-0.2, 0) is 0 Å². The maximum atomic E-state index is 4.91. The van der Waals surface area contributed by atoms with Gasteiger partial charge in [0.2, 0.25) is 0 Å². The first-order chi connectivity index (χ1) is 3.91. The van der Waals surface area contributed by atoms with Crippen LogP contribution >= 0.6 is 0 Å². The molecule has 0 aliphatic heterocycles. The Bertz CT molecular complexity index is 142. The quantitative estimate of drug-likeness (QED) is 0.371. The molecular weight excluding hydrogens is 96.1 g/mol. The molecule has 0 N–H and O–H groups in total. The van der Waals surface area contributed by atoms with Crippen molar-refractivity contribution >= 4 is 0 Å². The first-order valence-electron chi connectivity index (χ1n) is 2.32. The molecule has 0 aromatic carbocycles. The summed E-state index contributed by atoms with van der Waals surface area (Å²) in [5, 5.41) is 0. The third-order valence-electron chi connectivity index (χ3n) is 0.551. The van der Waals surface area contributed by atoms with E-state index < -0.39 is 0 Å². The van der Waals surface area contributed by atoms with Crippen LogP contribution < -0.4 is 0 Å². The molecule has 40 valence electrons. The maximum Gasteiger partial charge on any atom is -0.0122 e. The van der Waals surface area contributed by atoms with Gasteiger partial charge in [0.15, 0.2) is 0 Å². The van der Waals surface area contributed by atoms with E-state index in [-0.39, 0.29) is 0 Å². The van der Waals surface area contributed by atoms with E-state index in [1.54, 1.807) is 18.2 Å². The van der Waals surface area contributed by atoms with Gasteiger partial charge in [0, 0.05) is 0 Å². The van der Waals surface area contributed by atoms with Crippen LogP contribution in [0.1, 0.15) is 0 Å². The van der Waals surface area contributed by atoms with Gasteiger partial charge in [-0.2, -0.15) is 0 Å². The number of terminal acetylenes is 1. The van der Waals surface area contributed by atoms with E-state index in [1.165, 1.54) is 0 Å². The second kappa shape index (κ2) is 5.78. The molecule has 0 radical (unpaired) electrons. The molecule has 0 aliphatic rings. The largest absolute Gasteiger partial charge is 0.115 e. The van der Waals surface area contributed by atoms with Crippen LogP contribution in [0, 0.1) is 12.3 Å². The molecule has 0 unspecified atom stereocenters. The first-order valence-corrected chi connectivity index (χ1v) is 2.32. The fourth-order valence-electron chi connectivity index (χ4n) is 0.254. The Balaban J connectivity index is 3.46. The summed E-state index contributed by atoms with van der Waals surface area (Å²) >= 11 is 0. The molecule has 0 bridgehead atoms. The summed E-state index contributed by atoms with van der Waals surface area (Å²) in [7, 11) is 0. The average molecular weight is 104 g/mol. The van der Waals surface area contributed by atoms with Gasteiger partial charge in [-0.1, -0.05) is 36.8 Å². The summed E-state index contributed by atoms with van der Waals surface area (Å²) < 4.78 is 0. The summed E-state index contributed by atoms with van der Waals surface area (Å²) in [4.78, 5) is 0. The minimum atomic E-state index is 1.62. The molecule has 0 spiro atoms. The second-order valence-electron chi connectivity index (χ2n) is 1.15. The second-order valence-corrected chi connectivity index (χ2v) is 1.15. The van der Waals surface area contributed by atoms with E-state index in [1.807, 2.05) is 12.2 Å². The van der Waals surface area contributed by atoms with Gasteiger partial charge in [-0.3, -0.25) is 0 Å². The van der Waals surface area contributed by atoms with Crippen molar-refractivity contribution in [2.45, 2.75) is 0 Å². The zero-order valence-electron chi connectivity index (χ0n) is 4.67. The van der Waals surface area contributed by atoms with Crippen LogP contribution in [0.2, 0.25) is 0 Å². The Morgan fingerprint density at radius 2 is 2.00 bits per heavy atom. The third-order valence-corrected chi connectivity index (χ3v) is 0.551. The third kappa shape index (κ3) is 4.78. The highest BCUT2D eigenvalue weighted by molar-refractivity contribution is 5.17. The Hall–Kier alpha value is -1.22. The highest BCUT2D eigenvalue weighted by atomic mass is 13.6. The van der Waals surface area contributed by atoms with Crippen molar-refractivity contribution in [3.63, 3.8) is 0 Å². The molecule has 0 heteroatoms. The molecule has 0 saturated carbocycles. The fourth-order valence-corrected chi connectivity index (χ4v) is 0.254. The molecule has 0 rings (SSSR count). The first kappa shape index (κ1) is 6.78. The van der Waals surface area contributed by atoms with Gasteiger partial charge < -0.3 is 0 Å². The van der Waals surface area contributed by atoms with E-state index in [2.05, 4.69) is 12.5 Å². The smallest absolute Gasteiger partial charge is 0.0122 e. The van der Waals surface area contributed by atoms with E-state index in [0.717, 1.165) is 0 Å². The Labute approximate surface area is 50.2 Å². The summed E-state index contributed by atoms with van der Waals surface area (Å²) in [6.07, 6.45) is 13.7. The Morgan fingerprint density at radius 3 is 2.50 bits per heavy atom. The molecule has 0 atom stereocenters. The molecule has 0 amide bonds. The molecule has 0 aromatic heterocycles. The zero-order valence-corrected chi connectivity index (χ0v) is 4.67. The minimum absolute atomic E-state index is 1.62. The maximum absolute atomic E-state index is 4.91. The highest BCUT2D eigenvalue weighted by Gasteiger charge is 1.54. The number of hydrogen-bond acceptors (Lipinski definition) is 0. The van der Waals surface area contributed by atoms with Crippen molar-refractivity contribution in [1.29, 1.82) is 0 Å². The van der Waals surface area contributed by atoms with Crippen molar-refractivity contribution in [2.24, 2.45) is 0 Å². The lowest BCUT2D eigenvalue weighted by atomic mass is 10.4. The highest BCUT2D eigenvalue weighted by Crippen LogP contribution is 1.74. The summed E-state index contributed by atoms with van der Waals surface area (Å²) in [5.41, 5.74) is 0. The molecule has 8 heavy (non-hydrogen) atoms. The fraction of sp³-hybridized carbons (Fsp3) is 0. The number of hydrogen-bond donors (Lipinski definition) is 0. The standard InChI is InChI=1S/C8H8/c1-3-5-7-8-6-4-2/h1,4-8H,2H2. The summed E-state index contributed by atoms with van der Waals surface area (Å²) in [6, 6.07) is 0. The normalized spacial score (nSPS) is 9.88. The summed E-state index contributed by atoms with van der Waals surface area (Å²) in [5.74, 6) is 2.36. The van der Waals surface area contributed by atoms with Crippen molar-refractivity contribution in [2.75, 3.05) is 0 Å².